The van der Waals surface area contributed by atoms with Gasteiger partial charge in [0.15, 0.2) is 0 Å². The van der Waals surface area contributed by atoms with Crippen LogP contribution in [-0.2, 0) is 6.42 Å². The van der Waals surface area contributed by atoms with Gasteiger partial charge in [-0.3, -0.25) is 0 Å². The molecule has 1 heterocycles. The summed E-state index contributed by atoms with van der Waals surface area (Å²) in [5.41, 5.74) is 3.79. The van der Waals surface area contributed by atoms with E-state index in [0.717, 1.165) is 17.8 Å². The summed E-state index contributed by atoms with van der Waals surface area (Å²) >= 11 is 1.75. The summed E-state index contributed by atoms with van der Waals surface area (Å²) in [4.78, 5) is 4.65. The Labute approximate surface area is 94.8 Å². The third-order valence-electron chi connectivity index (χ3n) is 2.43. The summed E-state index contributed by atoms with van der Waals surface area (Å²) in [5.74, 6) is 0. The zero-order valence-electron chi connectivity index (χ0n) is 9.16. The number of hydrogen-bond donors (Lipinski definition) is 0. The van der Waals surface area contributed by atoms with Crippen molar-refractivity contribution in [3.05, 3.63) is 40.9 Å². The number of thiazole rings is 1. The van der Waals surface area contributed by atoms with E-state index in [2.05, 4.69) is 48.5 Å². The largest absolute Gasteiger partial charge is 0.241 e. The lowest BCUT2D eigenvalue weighted by Crippen LogP contribution is -1.84. The fraction of sp³-hybridized carbons (Fsp3) is 0.308. The maximum Gasteiger partial charge on any atom is 0.123 e. The van der Waals surface area contributed by atoms with Gasteiger partial charge in [-0.25, -0.2) is 4.98 Å². The van der Waals surface area contributed by atoms with E-state index >= 15 is 0 Å². The number of hydrogen-bond acceptors (Lipinski definition) is 2. The van der Waals surface area contributed by atoms with Gasteiger partial charge in [0.25, 0.3) is 0 Å². The fourth-order valence-electron chi connectivity index (χ4n) is 1.61. The lowest BCUT2D eigenvalue weighted by atomic mass is 10.1. The third-order valence-corrected chi connectivity index (χ3v) is 3.36. The van der Waals surface area contributed by atoms with Gasteiger partial charge in [-0.1, -0.05) is 37.6 Å². The zero-order valence-corrected chi connectivity index (χ0v) is 9.97. The van der Waals surface area contributed by atoms with Crippen LogP contribution in [0.4, 0.5) is 0 Å². The molecular formula is C13H15NS. The molecule has 0 saturated heterocycles. The van der Waals surface area contributed by atoms with Crippen LogP contribution >= 0.6 is 11.3 Å². The van der Waals surface area contributed by atoms with E-state index in [1.54, 1.807) is 11.3 Å². The standard InChI is InChI=1S/C13H15NS/c1-3-6-11-9-15-13(14-11)12-8-5-4-7-10(12)2/h4-5,7-9H,3,6H2,1-2H3. The van der Waals surface area contributed by atoms with E-state index in [-0.39, 0.29) is 0 Å². The lowest BCUT2D eigenvalue weighted by Gasteiger charge is -2.00. The van der Waals surface area contributed by atoms with Gasteiger partial charge in [-0.15, -0.1) is 11.3 Å². The molecule has 0 N–H and O–H groups in total. The second kappa shape index (κ2) is 4.58. The first kappa shape index (κ1) is 10.4. The molecule has 0 atom stereocenters. The maximum atomic E-state index is 4.65. The summed E-state index contributed by atoms with van der Waals surface area (Å²) in [6.45, 7) is 4.32. The number of benzene rings is 1. The van der Waals surface area contributed by atoms with Gasteiger partial charge in [-0.2, -0.15) is 0 Å². The summed E-state index contributed by atoms with van der Waals surface area (Å²) in [7, 11) is 0. The Morgan fingerprint density at radius 2 is 2.07 bits per heavy atom. The molecular weight excluding hydrogens is 202 g/mol. The highest BCUT2D eigenvalue weighted by Gasteiger charge is 2.05. The van der Waals surface area contributed by atoms with Crippen LogP contribution in [0.2, 0.25) is 0 Å². The van der Waals surface area contributed by atoms with Crippen LogP contribution in [0.25, 0.3) is 10.6 Å². The van der Waals surface area contributed by atoms with Crippen molar-refractivity contribution in [2.75, 3.05) is 0 Å². The van der Waals surface area contributed by atoms with Crippen LogP contribution in [0, 0.1) is 6.92 Å². The molecule has 1 aromatic heterocycles. The van der Waals surface area contributed by atoms with Crippen LogP contribution in [0.15, 0.2) is 29.6 Å². The van der Waals surface area contributed by atoms with E-state index < -0.39 is 0 Å². The van der Waals surface area contributed by atoms with E-state index in [0.29, 0.717) is 0 Å². The number of aryl methyl sites for hydroxylation is 2. The molecule has 2 rings (SSSR count). The summed E-state index contributed by atoms with van der Waals surface area (Å²) < 4.78 is 0. The van der Waals surface area contributed by atoms with Crippen LogP contribution in [-0.4, -0.2) is 4.98 Å². The molecule has 78 valence electrons. The summed E-state index contributed by atoms with van der Waals surface area (Å²) in [5, 5.41) is 3.32. The highest BCUT2D eigenvalue weighted by atomic mass is 32.1. The summed E-state index contributed by atoms with van der Waals surface area (Å²) in [6, 6.07) is 8.42. The Morgan fingerprint density at radius 1 is 1.27 bits per heavy atom. The first-order valence-corrected chi connectivity index (χ1v) is 6.19. The number of rotatable bonds is 3. The molecule has 0 unspecified atom stereocenters. The van der Waals surface area contributed by atoms with Crippen molar-refractivity contribution in [2.24, 2.45) is 0 Å². The maximum absolute atomic E-state index is 4.65. The van der Waals surface area contributed by atoms with Gasteiger partial charge in [0, 0.05) is 10.9 Å². The third kappa shape index (κ3) is 2.26. The smallest absolute Gasteiger partial charge is 0.123 e. The highest BCUT2D eigenvalue weighted by Crippen LogP contribution is 2.26. The molecule has 0 radical (unpaired) electrons. The topological polar surface area (TPSA) is 12.9 Å². The minimum Gasteiger partial charge on any atom is -0.241 e. The number of aromatic nitrogens is 1. The molecule has 2 heteroatoms. The Bertz CT molecular complexity index is 445. The molecule has 0 amide bonds. The molecule has 2 aromatic rings. The average Bonchev–Trinajstić information content (AvgIpc) is 2.68. The molecule has 0 aliphatic heterocycles. The normalized spacial score (nSPS) is 10.5. The summed E-state index contributed by atoms with van der Waals surface area (Å²) in [6.07, 6.45) is 2.25. The molecule has 1 nitrogen and oxygen atoms in total. The molecule has 0 spiro atoms. The van der Waals surface area contributed by atoms with Crippen molar-refractivity contribution in [3.63, 3.8) is 0 Å². The molecule has 0 fully saturated rings. The van der Waals surface area contributed by atoms with Gasteiger partial charge >= 0.3 is 0 Å². The minimum atomic E-state index is 1.09. The first-order valence-electron chi connectivity index (χ1n) is 5.31. The first-order chi connectivity index (χ1) is 7.31. The van der Waals surface area contributed by atoms with E-state index in [9.17, 15) is 0 Å². The van der Waals surface area contributed by atoms with Crippen molar-refractivity contribution in [3.8, 4) is 10.6 Å². The van der Waals surface area contributed by atoms with E-state index in [1.165, 1.54) is 16.8 Å². The Balaban J connectivity index is 2.33. The molecule has 1 aromatic carbocycles. The van der Waals surface area contributed by atoms with Crippen molar-refractivity contribution >= 4 is 11.3 Å². The second-order valence-corrected chi connectivity index (χ2v) is 4.57. The van der Waals surface area contributed by atoms with Crippen molar-refractivity contribution in [1.29, 1.82) is 0 Å². The van der Waals surface area contributed by atoms with Gasteiger partial charge in [-0.05, 0) is 18.9 Å². The van der Waals surface area contributed by atoms with Gasteiger partial charge < -0.3 is 0 Å². The molecule has 0 aliphatic rings. The molecule has 0 saturated carbocycles. The molecule has 0 bridgehead atoms. The van der Waals surface area contributed by atoms with Crippen LogP contribution in [0.1, 0.15) is 24.6 Å². The van der Waals surface area contributed by atoms with Crippen LogP contribution < -0.4 is 0 Å². The Hall–Kier alpha value is -1.15. The molecule has 15 heavy (non-hydrogen) atoms. The minimum absolute atomic E-state index is 1.09. The Morgan fingerprint density at radius 3 is 2.80 bits per heavy atom. The lowest BCUT2D eigenvalue weighted by molar-refractivity contribution is 0.893. The van der Waals surface area contributed by atoms with Crippen molar-refractivity contribution in [2.45, 2.75) is 26.7 Å². The van der Waals surface area contributed by atoms with Gasteiger partial charge in [0.05, 0.1) is 5.69 Å². The zero-order chi connectivity index (χ0) is 10.7. The van der Waals surface area contributed by atoms with Crippen molar-refractivity contribution < 1.29 is 0 Å². The van der Waals surface area contributed by atoms with Crippen molar-refractivity contribution in [1.82, 2.24) is 4.98 Å². The predicted molar refractivity (Wildman–Crippen MR) is 66.3 cm³/mol. The van der Waals surface area contributed by atoms with E-state index in [4.69, 9.17) is 0 Å². The monoisotopic (exact) mass is 217 g/mol. The van der Waals surface area contributed by atoms with Gasteiger partial charge in [0.1, 0.15) is 5.01 Å². The second-order valence-electron chi connectivity index (χ2n) is 3.71. The Kier molecular flexibility index (Phi) is 3.17. The van der Waals surface area contributed by atoms with Crippen LogP contribution in [0.3, 0.4) is 0 Å². The average molecular weight is 217 g/mol. The van der Waals surface area contributed by atoms with E-state index in [1.807, 2.05) is 0 Å². The number of nitrogens with zero attached hydrogens (tertiary/aromatic N) is 1. The fourth-order valence-corrected chi connectivity index (χ4v) is 2.56. The quantitative estimate of drug-likeness (QED) is 0.755. The van der Waals surface area contributed by atoms with Gasteiger partial charge in [0.2, 0.25) is 0 Å². The highest BCUT2D eigenvalue weighted by molar-refractivity contribution is 7.13. The molecule has 0 aliphatic carbocycles. The predicted octanol–water partition coefficient (Wildman–Crippen LogP) is 4.07. The van der Waals surface area contributed by atoms with Crippen LogP contribution in [0.5, 0.6) is 0 Å². The SMILES string of the molecule is CCCc1csc(-c2ccccc2C)n1.